The minimum atomic E-state index is 0.0428. The first-order chi connectivity index (χ1) is 11.4. The number of ether oxygens (including phenoxy) is 3. The van der Waals surface area contributed by atoms with Crippen LogP contribution in [-0.2, 0) is 20.8 Å². The molecule has 2 heterocycles. The molecule has 1 aromatic carbocycles. The second-order valence-electron chi connectivity index (χ2n) is 7.28. The molecular formula is C20H28O3. The van der Waals surface area contributed by atoms with Crippen LogP contribution in [0.1, 0.15) is 62.7 Å². The largest absolute Gasteiger partial charge is 0.372 e. The van der Waals surface area contributed by atoms with Crippen LogP contribution in [0.25, 0.3) is 0 Å². The minimum Gasteiger partial charge on any atom is -0.372 e. The summed E-state index contributed by atoms with van der Waals surface area (Å²) in [6, 6.07) is 8.51. The van der Waals surface area contributed by atoms with Gasteiger partial charge in [0.1, 0.15) is 18.3 Å². The summed E-state index contributed by atoms with van der Waals surface area (Å²) < 4.78 is 18.9. The number of hydrogen-bond donors (Lipinski definition) is 0. The van der Waals surface area contributed by atoms with E-state index in [0.717, 1.165) is 18.9 Å². The van der Waals surface area contributed by atoms with Gasteiger partial charge in [0.25, 0.3) is 0 Å². The van der Waals surface area contributed by atoms with Crippen molar-refractivity contribution >= 4 is 0 Å². The molecular weight excluding hydrogens is 288 g/mol. The second-order valence-corrected chi connectivity index (χ2v) is 7.28. The smallest absolute Gasteiger partial charge is 0.117 e. The summed E-state index contributed by atoms with van der Waals surface area (Å²) in [7, 11) is 0. The molecule has 1 saturated heterocycles. The van der Waals surface area contributed by atoms with E-state index in [4.69, 9.17) is 14.2 Å². The molecule has 0 spiro atoms. The standard InChI is InChI=1S/C20H28O3/c1-2-17-19(21-12-14-8-4-3-5-9-14)20-18(23-17)16-11-7-6-10-15(16)13-22-20/h6-7,10-11,14,17-20H,2-5,8-9,12-13H2,1H3/t17-,18-,19+,20+/m1/s1. The summed E-state index contributed by atoms with van der Waals surface area (Å²) in [5.41, 5.74) is 2.56. The predicted molar refractivity (Wildman–Crippen MR) is 89.2 cm³/mol. The third-order valence-corrected chi connectivity index (χ3v) is 5.75. The lowest BCUT2D eigenvalue weighted by atomic mass is 9.90. The van der Waals surface area contributed by atoms with Crippen LogP contribution in [0.3, 0.4) is 0 Å². The molecule has 0 bridgehead atoms. The third kappa shape index (κ3) is 3.07. The topological polar surface area (TPSA) is 27.7 Å². The highest BCUT2D eigenvalue weighted by Gasteiger charge is 2.48. The molecule has 0 aromatic heterocycles. The Hall–Kier alpha value is -0.900. The first kappa shape index (κ1) is 15.6. The van der Waals surface area contributed by atoms with Gasteiger partial charge in [-0.2, -0.15) is 0 Å². The zero-order valence-corrected chi connectivity index (χ0v) is 14.1. The Bertz CT molecular complexity index is 523. The van der Waals surface area contributed by atoms with Crippen LogP contribution < -0.4 is 0 Å². The minimum absolute atomic E-state index is 0.0428. The van der Waals surface area contributed by atoms with Gasteiger partial charge in [-0.05, 0) is 36.3 Å². The molecule has 3 heteroatoms. The molecule has 23 heavy (non-hydrogen) atoms. The van der Waals surface area contributed by atoms with Crippen LogP contribution in [-0.4, -0.2) is 24.9 Å². The van der Waals surface area contributed by atoms with E-state index in [1.54, 1.807) is 0 Å². The average molecular weight is 316 g/mol. The number of fused-ring (bicyclic) bond motifs is 3. The molecule has 2 fully saturated rings. The fourth-order valence-electron chi connectivity index (χ4n) is 4.42. The Morgan fingerprint density at radius 1 is 1.13 bits per heavy atom. The first-order valence-electron chi connectivity index (χ1n) is 9.33. The average Bonchev–Trinajstić information content (AvgIpc) is 2.99. The predicted octanol–water partition coefficient (Wildman–Crippen LogP) is 4.40. The maximum Gasteiger partial charge on any atom is 0.117 e. The normalized spacial score (nSPS) is 34.1. The van der Waals surface area contributed by atoms with E-state index in [1.165, 1.54) is 43.2 Å². The quantitative estimate of drug-likeness (QED) is 0.824. The summed E-state index contributed by atoms with van der Waals surface area (Å²) in [5.74, 6) is 0.733. The van der Waals surface area contributed by atoms with Crippen molar-refractivity contribution in [3.63, 3.8) is 0 Å². The SMILES string of the molecule is CC[C@H]1O[C@@H]2c3ccccc3CO[C@@H]2[C@H]1OCC1CCCCC1. The maximum atomic E-state index is 6.38. The van der Waals surface area contributed by atoms with Crippen molar-refractivity contribution in [2.24, 2.45) is 5.92 Å². The Balaban J connectivity index is 1.46. The summed E-state index contributed by atoms with van der Waals surface area (Å²) in [4.78, 5) is 0. The summed E-state index contributed by atoms with van der Waals surface area (Å²) in [5, 5.41) is 0. The monoisotopic (exact) mass is 316 g/mol. The maximum absolute atomic E-state index is 6.38. The molecule has 126 valence electrons. The molecule has 3 nitrogen and oxygen atoms in total. The van der Waals surface area contributed by atoms with Gasteiger partial charge < -0.3 is 14.2 Å². The molecule has 4 rings (SSSR count). The van der Waals surface area contributed by atoms with Crippen LogP contribution in [0.15, 0.2) is 24.3 Å². The summed E-state index contributed by atoms with van der Waals surface area (Å²) in [6.07, 6.45) is 8.08. The van der Waals surface area contributed by atoms with Gasteiger partial charge in [0, 0.05) is 0 Å². The van der Waals surface area contributed by atoms with Gasteiger partial charge in [0.05, 0.1) is 19.3 Å². The van der Waals surface area contributed by atoms with E-state index in [1.807, 2.05) is 0 Å². The fourth-order valence-corrected chi connectivity index (χ4v) is 4.42. The molecule has 0 N–H and O–H groups in total. The molecule has 0 amide bonds. The Morgan fingerprint density at radius 3 is 2.78 bits per heavy atom. The lowest BCUT2D eigenvalue weighted by Gasteiger charge is -2.31. The van der Waals surface area contributed by atoms with Crippen molar-refractivity contribution in [3.8, 4) is 0 Å². The molecule has 4 atom stereocenters. The van der Waals surface area contributed by atoms with Crippen molar-refractivity contribution in [2.45, 2.75) is 76.5 Å². The van der Waals surface area contributed by atoms with E-state index in [9.17, 15) is 0 Å². The van der Waals surface area contributed by atoms with Gasteiger partial charge in [-0.15, -0.1) is 0 Å². The molecule has 2 aliphatic heterocycles. The Morgan fingerprint density at radius 2 is 1.96 bits per heavy atom. The van der Waals surface area contributed by atoms with Crippen LogP contribution in [0.2, 0.25) is 0 Å². The van der Waals surface area contributed by atoms with Crippen molar-refractivity contribution in [3.05, 3.63) is 35.4 Å². The van der Waals surface area contributed by atoms with Crippen LogP contribution in [0.4, 0.5) is 0 Å². The molecule has 3 aliphatic rings. The Labute approximate surface area is 139 Å². The lowest BCUT2D eigenvalue weighted by Crippen LogP contribution is -2.38. The van der Waals surface area contributed by atoms with Gasteiger partial charge in [-0.3, -0.25) is 0 Å². The van der Waals surface area contributed by atoms with Gasteiger partial charge >= 0.3 is 0 Å². The van der Waals surface area contributed by atoms with E-state index >= 15 is 0 Å². The van der Waals surface area contributed by atoms with Crippen molar-refractivity contribution in [1.29, 1.82) is 0 Å². The van der Waals surface area contributed by atoms with E-state index < -0.39 is 0 Å². The molecule has 1 saturated carbocycles. The number of rotatable bonds is 4. The van der Waals surface area contributed by atoms with Gasteiger partial charge in [0.15, 0.2) is 0 Å². The van der Waals surface area contributed by atoms with Gasteiger partial charge in [-0.25, -0.2) is 0 Å². The zero-order chi connectivity index (χ0) is 15.6. The van der Waals surface area contributed by atoms with Crippen molar-refractivity contribution in [1.82, 2.24) is 0 Å². The fraction of sp³-hybridized carbons (Fsp3) is 0.700. The first-order valence-corrected chi connectivity index (χ1v) is 9.33. The van der Waals surface area contributed by atoms with Crippen molar-refractivity contribution in [2.75, 3.05) is 6.61 Å². The molecule has 0 unspecified atom stereocenters. The highest BCUT2D eigenvalue weighted by Crippen LogP contribution is 2.43. The van der Waals surface area contributed by atoms with Crippen LogP contribution >= 0.6 is 0 Å². The van der Waals surface area contributed by atoms with Crippen molar-refractivity contribution < 1.29 is 14.2 Å². The van der Waals surface area contributed by atoms with Crippen LogP contribution in [0.5, 0.6) is 0 Å². The summed E-state index contributed by atoms with van der Waals surface area (Å²) in [6.45, 7) is 3.74. The molecule has 1 aliphatic carbocycles. The van der Waals surface area contributed by atoms with Gasteiger partial charge in [0.2, 0.25) is 0 Å². The number of hydrogen-bond acceptors (Lipinski definition) is 3. The second kappa shape index (κ2) is 6.92. The van der Waals surface area contributed by atoms with E-state index in [-0.39, 0.29) is 24.4 Å². The van der Waals surface area contributed by atoms with Gasteiger partial charge in [-0.1, -0.05) is 50.5 Å². The van der Waals surface area contributed by atoms with E-state index in [2.05, 4.69) is 31.2 Å². The van der Waals surface area contributed by atoms with Crippen LogP contribution in [0, 0.1) is 5.92 Å². The highest BCUT2D eigenvalue weighted by molar-refractivity contribution is 5.32. The summed E-state index contributed by atoms with van der Waals surface area (Å²) >= 11 is 0. The number of benzene rings is 1. The molecule has 1 aromatic rings. The lowest BCUT2D eigenvalue weighted by molar-refractivity contribution is -0.0893. The van der Waals surface area contributed by atoms with E-state index in [0.29, 0.717) is 6.61 Å². The third-order valence-electron chi connectivity index (χ3n) is 5.75. The zero-order valence-electron chi connectivity index (χ0n) is 14.1. The Kier molecular flexibility index (Phi) is 4.70. The highest BCUT2D eigenvalue weighted by atomic mass is 16.6. The molecule has 0 radical (unpaired) electrons.